The number of hydrogen-bond donors (Lipinski definition) is 1. The molecule has 0 spiro atoms. The van der Waals surface area contributed by atoms with Crippen LogP contribution in [0, 0.1) is 24.6 Å². The van der Waals surface area contributed by atoms with Gasteiger partial charge in [0.15, 0.2) is 0 Å². The fraction of sp³-hybridized carbons (Fsp3) is 0.478. The van der Waals surface area contributed by atoms with Gasteiger partial charge in [0.2, 0.25) is 11.9 Å². The van der Waals surface area contributed by atoms with Crippen molar-refractivity contribution in [1.82, 2.24) is 24.7 Å². The van der Waals surface area contributed by atoms with E-state index >= 15 is 0 Å². The van der Waals surface area contributed by atoms with Crippen LogP contribution in [0.25, 0.3) is 0 Å². The van der Waals surface area contributed by atoms with Crippen molar-refractivity contribution in [2.24, 2.45) is 11.8 Å². The lowest BCUT2D eigenvalue weighted by Gasteiger charge is -2.38. The number of rotatable bonds is 4. The standard InChI is InChI=1S/C23H27FN8/c1-15-11-20(26-14-25-15)30-12-16-3-4-17(13-30)21(16)27-22-28-23-31(9-2-10-32(23)29-22)19-7-5-18(24)6-8-19/h5-8,11,14,16-17,21H,2-4,9-10,12-13H2,1H3,(H,27,29)/t16-,17+,21?. The number of anilines is 4. The maximum absolute atomic E-state index is 13.4. The van der Waals surface area contributed by atoms with E-state index in [1.54, 1.807) is 18.5 Å². The maximum atomic E-state index is 13.4. The van der Waals surface area contributed by atoms with Crippen LogP contribution >= 0.6 is 0 Å². The SMILES string of the molecule is Cc1cc(N2C[C@H]3CC[C@@H](C2)C3Nc2nc3n(n2)CCCN3c2ccc(F)cc2)ncn1. The van der Waals surface area contributed by atoms with E-state index in [0.29, 0.717) is 23.8 Å². The summed E-state index contributed by atoms with van der Waals surface area (Å²) in [5.41, 5.74) is 1.95. The fourth-order valence-corrected chi connectivity index (χ4v) is 5.50. The van der Waals surface area contributed by atoms with Gasteiger partial charge < -0.3 is 15.1 Å². The molecule has 166 valence electrons. The Morgan fingerprint density at radius 1 is 1.03 bits per heavy atom. The average Bonchev–Trinajstić information content (AvgIpc) is 3.30. The minimum absolute atomic E-state index is 0.228. The molecule has 3 aromatic rings. The van der Waals surface area contributed by atoms with Gasteiger partial charge in [0.1, 0.15) is 18.0 Å². The molecular formula is C23H27FN8. The van der Waals surface area contributed by atoms with Crippen LogP contribution in [-0.2, 0) is 6.54 Å². The zero-order valence-electron chi connectivity index (χ0n) is 18.2. The van der Waals surface area contributed by atoms with Crippen LogP contribution in [0.4, 0.5) is 27.8 Å². The number of benzene rings is 1. The quantitative estimate of drug-likeness (QED) is 0.675. The lowest BCUT2D eigenvalue weighted by molar-refractivity contribution is 0.374. The van der Waals surface area contributed by atoms with Crippen LogP contribution < -0.4 is 15.1 Å². The van der Waals surface area contributed by atoms with Gasteiger partial charge in [0.25, 0.3) is 0 Å². The largest absolute Gasteiger partial charge is 0.356 e. The lowest BCUT2D eigenvalue weighted by Crippen LogP contribution is -2.48. The first kappa shape index (κ1) is 19.5. The number of hydrogen-bond acceptors (Lipinski definition) is 7. The second-order valence-electron chi connectivity index (χ2n) is 9.13. The molecule has 2 aromatic heterocycles. The summed E-state index contributed by atoms with van der Waals surface area (Å²) in [5.74, 6) is 3.40. The summed E-state index contributed by atoms with van der Waals surface area (Å²) in [6.07, 6.45) is 5.05. The molecule has 3 aliphatic rings. The number of nitrogens with one attached hydrogen (secondary N) is 1. The summed E-state index contributed by atoms with van der Waals surface area (Å²) in [4.78, 5) is 18.1. The Labute approximate surface area is 186 Å². The average molecular weight is 435 g/mol. The van der Waals surface area contributed by atoms with Crippen LogP contribution in [0.2, 0.25) is 0 Å². The third kappa shape index (κ3) is 3.45. The summed E-state index contributed by atoms with van der Waals surface area (Å²) < 4.78 is 15.3. The van der Waals surface area contributed by atoms with Gasteiger partial charge in [-0.15, -0.1) is 5.10 Å². The van der Waals surface area contributed by atoms with Gasteiger partial charge in [-0.1, -0.05) is 0 Å². The fourth-order valence-electron chi connectivity index (χ4n) is 5.50. The normalized spacial score (nSPS) is 24.5. The molecule has 1 aliphatic carbocycles. The monoisotopic (exact) mass is 434 g/mol. The summed E-state index contributed by atoms with van der Waals surface area (Å²) in [7, 11) is 0. The van der Waals surface area contributed by atoms with Crippen LogP contribution in [0.3, 0.4) is 0 Å². The van der Waals surface area contributed by atoms with Gasteiger partial charge in [-0.25, -0.2) is 19.0 Å². The molecule has 9 heteroatoms. The summed E-state index contributed by atoms with van der Waals surface area (Å²) in [6, 6.07) is 9.04. The molecule has 32 heavy (non-hydrogen) atoms. The molecule has 1 saturated carbocycles. The highest BCUT2D eigenvalue weighted by molar-refractivity contribution is 5.59. The Kier molecular flexibility index (Phi) is 4.69. The van der Waals surface area contributed by atoms with Crippen molar-refractivity contribution in [2.45, 2.75) is 38.8 Å². The highest BCUT2D eigenvalue weighted by Crippen LogP contribution is 2.40. The molecule has 0 amide bonds. The van der Waals surface area contributed by atoms with Crippen molar-refractivity contribution < 1.29 is 4.39 Å². The Balaban J connectivity index is 1.20. The first-order chi connectivity index (χ1) is 15.6. The minimum atomic E-state index is -0.228. The van der Waals surface area contributed by atoms with Crippen molar-refractivity contribution in [2.75, 3.05) is 34.8 Å². The highest BCUT2D eigenvalue weighted by Gasteiger charge is 2.43. The van der Waals surface area contributed by atoms with Gasteiger partial charge in [0.05, 0.1) is 0 Å². The van der Waals surface area contributed by atoms with Crippen LogP contribution in [0.15, 0.2) is 36.7 Å². The Morgan fingerprint density at radius 2 is 1.81 bits per heavy atom. The molecule has 2 bridgehead atoms. The van der Waals surface area contributed by atoms with E-state index in [1.807, 2.05) is 11.6 Å². The predicted octanol–water partition coefficient (Wildman–Crippen LogP) is 3.38. The van der Waals surface area contributed by atoms with Crippen LogP contribution in [-0.4, -0.2) is 50.4 Å². The van der Waals surface area contributed by atoms with Gasteiger partial charge in [-0.3, -0.25) is 0 Å². The van der Waals surface area contributed by atoms with Crippen molar-refractivity contribution in [3.8, 4) is 0 Å². The van der Waals surface area contributed by atoms with Gasteiger partial charge in [0, 0.05) is 49.7 Å². The van der Waals surface area contributed by atoms with Crippen LogP contribution in [0.5, 0.6) is 0 Å². The van der Waals surface area contributed by atoms with Crippen LogP contribution in [0.1, 0.15) is 25.0 Å². The summed E-state index contributed by atoms with van der Waals surface area (Å²) >= 11 is 0. The van der Waals surface area contributed by atoms with Gasteiger partial charge in [-0.05, 0) is 62.3 Å². The Hall–Kier alpha value is -3.23. The molecule has 2 aliphatic heterocycles. The van der Waals surface area contributed by atoms with Crippen molar-refractivity contribution in [1.29, 1.82) is 0 Å². The van der Waals surface area contributed by atoms with E-state index in [2.05, 4.69) is 31.2 Å². The number of nitrogens with zero attached hydrogens (tertiary/aromatic N) is 7. The number of halogens is 1. The first-order valence-corrected chi connectivity index (χ1v) is 11.4. The summed E-state index contributed by atoms with van der Waals surface area (Å²) in [6.45, 7) is 5.68. The van der Waals surface area contributed by atoms with Crippen molar-refractivity contribution >= 4 is 23.4 Å². The highest BCUT2D eigenvalue weighted by atomic mass is 19.1. The van der Waals surface area contributed by atoms with E-state index in [0.717, 1.165) is 55.7 Å². The molecular weight excluding hydrogens is 407 g/mol. The maximum Gasteiger partial charge on any atom is 0.244 e. The third-order valence-corrected chi connectivity index (χ3v) is 7.03. The zero-order chi connectivity index (χ0) is 21.7. The molecule has 3 atom stereocenters. The van der Waals surface area contributed by atoms with E-state index in [1.165, 1.54) is 25.0 Å². The first-order valence-electron chi connectivity index (χ1n) is 11.4. The minimum Gasteiger partial charge on any atom is -0.356 e. The summed E-state index contributed by atoms with van der Waals surface area (Å²) in [5, 5.41) is 8.44. The topological polar surface area (TPSA) is 75.0 Å². The smallest absolute Gasteiger partial charge is 0.244 e. The van der Waals surface area contributed by atoms with E-state index < -0.39 is 0 Å². The van der Waals surface area contributed by atoms with E-state index in [4.69, 9.17) is 10.1 Å². The van der Waals surface area contributed by atoms with E-state index in [9.17, 15) is 4.39 Å². The molecule has 1 unspecified atom stereocenters. The van der Waals surface area contributed by atoms with E-state index in [-0.39, 0.29) is 5.82 Å². The van der Waals surface area contributed by atoms with Crippen molar-refractivity contribution in [3.05, 3.63) is 48.2 Å². The van der Waals surface area contributed by atoms with Gasteiger partial charge >= 0.3 is 0 Å². The molecule has 2 fully saturated rings. The Bertz CT molecular complexity index is 1100. The molecule has 1 N–H and O–H groups in total. The zero-order valence-corrected chi connectivity index (χ0v) is 18.2. The number of aromatic nitrogens is 5. The molecule has 4 heterocycles. The molecule has 6 rings (SSSR count). The second-order valence-corrected chi connectivity index (χ2v) is 9.13. The van der Waals surface area contributed by atoms with Gasteiger partial charge in [-0.2, -0.15) is 4.98 Å². The molecule has 0 radical (unpaired) electrons. The number of piperidine rings is 1. The molecule has 1 saturated heterocycles. The number of aryl methyl sites for hydroxylation is 2. The predicted molar refractivity (Wildman–Crippen MR) is 121 cm³/mol. The number of fused-ring (bicyclic) bond motifs is 3. The second kappa shape index (κ2) is 7.72. The van der Waals surface area contributed by atoms with Crippen molar-refractivity contribution in [3.63, 3.8) is 0 Å². The lowest BCUT2D eigenvalue weighted by atomic mass is 9.92. The molecule has 8 nitrogen and oxygen atoms in total. The third-order valence-electron chi connectivity index (χ3n) is 7.03. The molecule has 1 aromatic carbocycles. The Morgan fingerprint density at radius 3 is 2.56 bits per heavy atom.